The second-order valence-electron chi connectivity index (χ2n) is 2.08. The number of rotatable bonds is 2. The fraction of sp³-hybridized carbons (Fsp3) is 0.286. The molecule has 1 aromatic heterocycles. The minimum absolute atomic E-state index is 0.329. The van der Waals surface area contributed by atoms with Crippen LogP contribution in [0.2, 0.25) is 0 Å². The smallest absolute Gasteiger partial charge is 0.316 e. The van der Waals surface area contributed by atoms with Crippen molar-refractivity contribution in [3.05, 3.63) is 18.0 Å². The normalized spacial score (nSPS) is 9.27. The molecule has 0 radical (unpaired) electrons. The predicted octanol–water partition coefficient (Wildman–Crippen LogP) is 0.873. The van der Waals surface area contributed by atoms with Crippen molar-refractivity contribution in [2.24, 2.45) is 0 Å². The summed E-state index contributed by atoms with van der Waals surface area (Å²) < 4.78 is 4.76. The molecule has 0 saturated carbocycles. The van der Waals surface area contributed by atoms with E-state index in [1.807, 2.05) is 0 Å². The quantitative estimate of drug-likeness (QED) is 0.638. The summed E-state index contributed by atoms with van der Waals surface area (Å²) in [6, 6.07) is 0.329. The van der Waals surface area contributed by atoms with Crippen LogP contribution in [0.3, 0.4) is 0 Å². The molecule has 4 nitrogen and oxygen atoms in total. The van der Waals surface area contributed by atoms with Gasteiger partial charge in [-0.15, -0.1) is 0 Å². The number of aromatic nitrogens is 2. The topological polar surface area (TPSA) is 58.9 Å². The molecule has 0 aliphatic rings. The minimum atomic E-state index is 0.329. The van der Waals surface area contributed by atoms with Crippen LogP contribution in [0.25, 0.3) is 0 Å². The highest BCUT2D eigenvalue weighted by atomic mass is 16.5. The average molecular weight is 151 g/mol. The van der Waals surface area contributed by atoms with E-state index in [4.69, 9.17) is 10.1 Å². The fourth-order valence-corrected chi connectivity index (χ4v) is 0.615. The lowest BCUT2D eigenvalue weighted by Gasteiger charge is -1.97. The van der Waals surface area contributed by atoms with Gasteiger partial charge in [-0.25, -0.2) is 9.97 Å². The van der Waals surface area contributed by atoms with E-state index in [1.165, 1.54) is 7.11 Å². The molecule has 4 heteroatoms. The van der Waals surface area contributed by atoms with E-state index in [-0.39, 0.29) is 0 Å². The second-order valence-corrected chi connectivity index (χ2v) is 2.08. The zero-order valence-corrected chi connectivity index (χ0v) is 6.46. The van der Waals surface area contributed by atoms with Gasteiger partial charge in [-0.3, -0.25) is 0 Å². The van der Waals surface area contributed by atoms with E-state index in [2.05, 4.69) is 9.97 Å². The first-order valence-corrected chi connectivity index (χ1v) is 3.15. The maximum atomic E-state index is 7.24. The van der Waals surface area contributed by atoms with Crippen LogP contribution in [0.1, 0.15) is 12.5 Å². The monoisotopic (exact) mass is 151 g/mol. The van der Waals surface area contributed by atoms with Crippen LogP contribution in [0.5, 0.6) is 6.01 Å². The molecule has 0 fully saturated rings. The number of hydrogen-bond acceptors (Lipinski definition) is 4. The molecule has 1 heterocycles. The molecule has 0 unspecified atom stereocenters. The van der Waals surface area contributed by atoms with E-state index >= 15 is 0 Å². The van der Waals surface area contributed by atoms with Crippen molar-refractivity contribution < 1.29 is 4.74 Å². The Hall–Kier alpha value is -1.45. The Morgan fingerprint density at radius 1 is 1.45 bits per heavy atom. The van der Waals surface area contributed by atoms with Gasteiger partial charge in [-0.1, -0.05) is 0 Å². The van der Waals surface area contributed by atoms with E-state index in [9.17, 15) is 0 Å². The van der Waals surface area contributed by atoms with Crippen LogP contribution in [-0.2, 0) is 0 Å². The molecule has 1 aromatic rings. The molecule has 0 atom stereocenters. The van der Waals surface area contributed by atoms with Gasteiger partial charge in [0.2, 0.25) is 0 Å². The molecule has 0 amide bonds. The Kier molecular flexibility index (Phi) is 2.15. The van der Waals surface area contributed by atoms with Crippen molar-refractivity contribution in [1.82, 2.24) is 9.97 Å². The molecule has 58 valence electrons. The summed E-state index contributed by atoms with van der Waals surface area (Å²) in [6.07, 6.45) is 3.13. The molecule has 0 spiro atoms. The van der Waals surface area contributed by atoms with Crippen LogP contribution >= 0.6 is 0 Å². The molecule has 11 heavy (non-hydrogen) atoms. The molecule has 0 bridgehead atoms. The van der Waals surface area contributed by atoms with Crippen LogP contribution in [0.4, 0.5) is 0 Å². The molecular weight excluding hydrogens is 142 g/mol. The van der Waals surface area contributed by atoms with Crippen LogP contribution < -0.4 is 4.74 Å². The second kappa shape index (κ2) is 3.09. The van der Waals surface area contributed by atoms with E-state index in [0.717, 1.165) is 0 Å². The molecule has 0 aliphatic carbocycles. The van der Waals surface area contributed by atoms with Gasteiger partial charge >= 0.3 is 6.01 Å². The fourth-order valence-electron chi connectivity index (χ4n) is 0.615. The van der Waals surface area contributed by atoms with Gasteiger partial charge in [-0.2, -0.15) is 0 Å². The van der Waals surface area contributed by atoms with Crippen molar-refractivity contribution in [3.8, 4) is 6.01 Å². The molecule has 1 rings (SSSR count). The third-order valence-corrected chi connectivity index (χ3v) is 1.24. The van der Waals surface area contributed by atoms with Gasteiger partial charge < -0.3 is 10.1 Å². The lowest BCUT2D eigenvalue weighted by atomic mass is 10.2. The summed E-state index contributed by atoms with van der Waals surface area (Å²) >= 11 is 0. The third kappa shape index (κ3) is 1.73. The summed E-state index contributed by atoms with van der Waals surface area (Å²) in [7, 11) is 1.51. The summed E-state index contributed by atoms with van der Waals surface area (Å²) in [6.45, 7) is 1.69. The first-order valence-electron chi connectivity index (χ1n) is 3.15. The Balaban J connectivity index is 2.91. The number of hydrogen-bond donors (Lipinski definition) is 1. The van der Waals surface area contributed by atoms with Crippen LogP contribution in [0.15, 0.2) is 12.4 Å². The SMILES string of the molecule is COc1ncc(C(C)=N)cn1. The first-order chi connectivity index (χ1) is 5.24. The van der Waals surface area contributed by atoms with Crippen LogP contribution in [0, 0.1) is 5.41 Å². The summed E-state index contributed by atoms with van der Waals surface area (Å²) in [5, 5.41) is 7.24. The Morgan fingerprint density at radius 3 is 2.36 bits per heavy atom. The lowest BCUT2D eigenvalue weighted by Crippen LogP contribution is -1.97. The van der Waals surface area contributed by atoms with Gasteiger partial charge in [0, 0.05) is 23.7 Å². The third-order valence-electron chi connectivity index (χ3n) is 1.24. The van der Waals surface area contributed by atoms with Crippen molar-refractivity contribution in [1.29, 1.82) is 5.41 Å². The zero-order chi connectivity index (χ0) is 8.27. The minimum Gasteiger partial charge on any atom is -0.467 e. The standard InChI is InChI=1S/C7H9N3O/c1-5(8)6-3-9-7(11-2)10-4-6/h3-4,8H,1-2H3. The van der Waals surface area contributed by atoms with Gasteiger partial charge in [-0.05, 0) is 6.92 Å². The van der Waals surface area contributed by atoms with Gasteiger partial charge in [0.25, 0.3) is 0 Å². The van der Waals surface area contributed by atoms with Gasteiger partial charge in [0.15, 0.2) is 0 Å². The van der Waals surface area contributed by atoms with Crippen molar-refractivity contribution in [2.75, 3.05) is 7.11 Å². The maximum absolute atomic E-state index is 7.24. The summed E-state index contributed by atoms with van der Waals surface area (Å²) in [5.41, 5.74) is 1.17. The van der Waals surface area contributed by atoms with E-state index in [1.54, 1.807) is 19.3 Å². The first kappa shape index (κ1) is 7.65. The Morgan fingerprint density at radius 2 is 2.00 bits per heavy atom. The molecule has 0 aromatic carbocycles. The highest BCUT2D eigenvalue weighted by Gasteiger charge is 1.96. The van der Waals surface area contributed by atoms with Crippen molar-refractivity contribution in [3.63, 3.8) is 0 Å². The molecule has 0 aliphatic heterocycles. The number of nitrogens with one attached hydrogen (secondary N) is 1. The molecule has 1 N–H and O–H groups in total. The van der Waals surface area contributed by atoms with Crippen LogP contribution in [-0.4, -0.2) is 22.8 Å². The molecule has 0 saturated heterocycles. The number of nitrogens with zero attached hydrogens (tertiary/aromatic N) is 2. The summed E-state index contributed by atoms with van der Waals surface area (Å²) in [4.78, 5) is 7.69. The zero-order valence-electron chi connectivity index (χ0n) is 6.46. The average Bonchev–Trinajstić information content (AvgIpc) is 2.05. The Labute approximate surface area is 64.8 Å². The predicted molar refractivity (Wildman–Crippen MR) is 41.1 cm³/mol. The Bertz CT molecular complexity index is 255. The van der Waals surface area contributed by atoms with Gasteiger partial charge in [0.1, 0.15) is 0 Å². The van der Waals surface area contributed by atoms with Crippen molar-refractivity contribution >= 4 is 5.71 Å². The maximum Gasteiger partial charge on any atom is 0.316 e. The lowest BCUT2D eigenvalue weighted by molar-refractivity contribution is 0.379. The number of methoxy groups -OCH3 is 1. The summed E-state index contributed by atoms with van der Waals surface area (Å²) in [5.74, 6) is 0. The van der Waals surface area contributed by atoms with E-state index < -0.39 is 0 Å². The highest BCUT2D eigenvalue weighted by molar-refractivity contribution is 5.95. The van der Waals surface area contributed by atoms with Crippen molar-refractivity contribution in [2.45, 2.75) is 6.92 Å². The number of ether oxygens (including phenoxy) is 1. The highest BCUT2D eigenvalue weighted by Crippen LogP contribution is 2.01. The van der Waals surface area contributed by atoms with E-state index in [0.29, 0.717) is 17.3 Å². The molecular formula is C7H9N3O. The largest absolute Gasteiger partial charge is 0.467 e. The van der Waals surface area contributed by atoms with Gasteiger partial charge in [0.05, 0.1) is 7.11 Å².